The Morgan fingerprint density at radius 2 is 1.73 bits per heavy atom. The van der Waals surface area contributed by atoms with E-state index >= 15 is 0 Å². The van der Waals surface area contributed by atoms with Crippen molar-refractivity contribution in [3.05, 3.63) is 64.7 Å². The maximum atomic E-state index is 11.5. The zero-order chi connectivity index (χ0) is 18.3. The second kappa shape index (κ2) is 10.7. The number of nitrogens with zero attached hydrogens (tertiary/aromatic N) is 1. The number of guanidine groups is 1. The Labute approximate surface area is 177 Å². The van der Waals surface area contributed by atoms with E-state index in [9.17, 15) is 8.42 Å². The third kappa shape index (κ3) is 7.13. The van der Waals surface area contributed by atoms with Gasteiger partial charge in [-0.3, -0.25) is 0 Å². The molecule has 2 rings (SSSR count). The van der Waals surface area contributed by atoms with Gasteiger partial charge in [-0.2, -0.15) is 0 Å². The lowest BCUT2D eigenvalue weighted by Crippen LogP contribution is -2.36. The van der Waals surface area contributed by atoms with E-state index in [4.69, 9.17) is 11.6 Å². The van der Waals surface area contributed by atoms with Crippen LogP contribution in [-0.2, 0) is 22.9 Å². The maximum absolute atomic E-state index is 11.5. The molecule has 0 bridgehead atoms. The van der Waals surface area contributed by atoms with E-state index in [0.29, 0.717) is 29.0 Å². The van der Waals surface area contributed by atoms with Crippen molar-refractivity contribution in [3.63, 3.8) is 0 Å². The van der Waals surface area contributed by atoms with Crippen LogP contribution in [0.15, 0.2) is 58.4 Å². The quantitative estimate of drug-likeness (QED) is 0.356. The lowest BCUT2D eigenvalue weighted by molar-refractivity contribution is 0.602. The van der Waals surface area contributed by atoms with E-state index in [2.05, 4.69) is 15.6 Å². The highest BCUT2D eigenvalue weighted by atomic mass is 127. The van der Waals surface area contributed by atoms with Gasteiger partial charge in [0.1, 0.15) is 0 Å². The number of nitrogens with one attached hydrogen (secondary N) is 2. The molecule has 0 heterocycles. The number of hydrogen-bond acceptors (Lipinski definition) is 3. The first-order chi connectivity index (χ1) is 11.9. The van der Waals surface area contributed by atoms with Crippen molar-refractivity contribution in [3.8, 4) is 0 Å². The fourth-order valence-corrected chi connectivity index (χ4v) is 3.01. The molecule has 2 N–H and O–H groups in total. The molecule has 0 amide bonds. The number of hydrogen-bond donors (Lipinski definition) is 2. The minimum absolute atomic E-state index is 0. The molecule has 5 nitrogen and oxygen atoms in total. The van der Waals surface area contributed by atoms with Crippen LogP contribution in [0.2, 0.25) is 5.02 Å². The van der Waals surface area contributed by atoms with E-state index in [1.807, 2.05) is 31.2 Å². The summed E-state index contributed by atoms with van der Waals surface area (Å²) < 4.78 is 23.0. The van der Waals surface area contributed by atoms with Crippen molar-refractivity contribution in [2.24, 2.45) is 4.99 Å². The molecule has 0 saturated heterocycles. The normalized spacial score (nSPS) is 11.6. The van der Waals surface area contributed by atoms with Crippen molar-refractivity contribution in [2.75, 3.05) is 12.8 Å². The van der Waals surface area contributed by atoms with Gasteiger partial charge in [0.2, 0.25) is 0 Å². The molecule has 2 aromatic rings. The lowest BCUT2D eigenvalue weighted by Gasteiger charge is -2.12. The van der Waals surface area contributed by atoms with Gasteiger partial charge < -0.3 is 10.6 Å². The number of aliphatic imine (C=N–C) groups is 1. The first-order valence-electron chi connectivity index (χ1n) is 7.94. The van der Waals surface area contributed by atoms with Gasteiger partial charge in [-0.15, -0.1) is 24.0 Å². The third-order valence-electron chi connectivity index (χ3n) is 3.52. The summed E-state index contributed by atoms with van der Waals surface area (Å²) in [6.45, 7) is 3.75. The van der Waals surface area contributed by atoms with Crippen molar-refractivity contribution < 1.29 is 8.42 Å². The second-order valence-electron chi connectivity index (χ2n) is 5.56. The molecule has 0 aromatic heterocycles. The summed E-state index contributed by atoms with van der Waals surface area (Å²) in [5, 5.41) is 7.13. The highest BCUT2D eigenvalue weighted by molar-refractivity contribution is 14.0. The SMILES string of the molecule is CCNC(=NCc1ccc(S(C)(=O)=O)cc1)NCc1ccccc1Cl.I. The van der Waals surface area contributed by atoms with Crippen molar-refractivity contribution in [1.29, 1.82) is 0 Å². The van der Waals surface area contributed by atoms with Crippen LogP contribution in [0.25, 0.3) is 0 Å². The van der Waals surface area contributed by atoms with Crippen LogP contribution < -0.4 is 10.6 Å². The monoisotopic (exact) mass is 507 g/mol. The summed E-state index contributed by atoms with van der Waals surface area (Å²) in [6, 6.07) is 14.4. The Balaban J connectivity index is 0.00000338. The molecule has 0 atom stereocenters. The number of rotatable bonds is 6. The zero-order valence-corrected chi connectivity index (χ0v) is 18.6. The van der Waals surface area contributed by atoms with E-state index in [0.717, 1.165) is 17.7 Å². The number of benzene rings is 2. The van der Waals surface area contributed by atoms with Crippen LogP contribution in [0.4, 0.5) is 0 Å². The second-order valence-corrected chi connectivity index (χ2v) is 7.98. The lowest BCUT2D eigenvalue weighted by atomic mass is 10.2. The topological polar surface area (TPSA) is 70.6 Å². The van der Waals surface area contributed by atoms with Crippen molar-refractivity contribution >= 4 is 51.4 Å². The standard InChI is InChI=1S/C18H22ClN3O2S.HI/c1-3-20-18(22-13-15-6-4-5-7-17(15)19)21-12-14-8-10-16(11-9-14)25(2,23)24;/h4-11H,3,12-13H2,1-2H3,(H2,20,21,22);1H. The fraction of sp³-hybridized carbons (Fsp3) is 0.278. The first-order valence-corrected chi connectivity index (χ1v) is 10.2. The van der Waals surface area contributed by atoms with Crippen LogP contribution in [0.3, 0.4) is 0 Å². The molecule has 26 heavy (non-hydrogen) atoms. The predicted molar refractivity (Wildman–Crippen MR) is 118 cm³/mol. The molecular formula is C18H23ClIN3O2S. The smallest absolute Gasteiger partial charge is 0.191 e. The third-order valence-corrected chi connectivity index (χ3v) is 5.02. The zero-order valence-electron chi connectivity index (χ0n) is 14.7. The first kappa shape index (κ1) is 22.7. The summed E-state index contributed by atoms with van der Waals surface area (Å²) in [6.07, 6.45) is 1.20. The average molecular weight is 508 g/mol. The van der Waals surface area contributed by atoms with Gasteiger partial charge in [-0.1, -0.05) is 41.9 Å². The molecule has 2 aromatic carbocycles. The summed E-state index contributed by atoms with van der Waals surface area (Å²) in [5.41, 5.74) is 1.93. The Hall–Kier alpha value is -1.32. The van der Waals surface area contributed by atoms with Gasteiger partial charge in [0.05, 0.1) is 11.4 Å². The van der Waals surface area contributed by atoms with Gasteiger partial charge >= 0.3 is 0 Å². The highest BCUT2D eigenvalue weighted by Crippen LogP contribution is 2.14. The average Bonchev–Trinajstić information content (AvgIpc) is 2.58. The van der Waals surface area contributed by atoms with E-state index < -0.39 is 9.84 Å². The molecule has 0 aliphatic heterocycles. The maximum Gasteiger partial charge on any atom is 0.191 e. The van der Waals surface area contributed by atoms with Crippen molar-refractivity contribution in [1.82, 2.24) is 10.6 Å². The molecule has 0 fully saturated rings. The highest BCUT2D eigenvalue weighted by Gasteiger charge is 2.06. The van der Waals surface area contributed by atoms with Crippen LogP contribution in [0, 0.1) is 0 Å². The molecule has 0 aliphatic carbocycles. The van der Waals surface area contributed by atoms with Gasteiger partial charge in [-0.25, -0.2) is 13.4 Å². The van der Waals surface area contributed by atoms with Crippen LogP contribution in [0.1, 0.15) is 18.1 Å². The molecular weight excluding hydrogens is 485 g/mol. The molecule has 142 valence electrons. The van der Waals surface area contributed by atoms with Crippen LogP contribution in [-0.4, -0.2) is 27.2 Å². The van der Waals surface area contributed by atoms with Gasteiger partial charge in [0.15, 0.2) is 15.8 Å². The molecule has 0 spiro atoms. The largest absolute Gasteiger partial charge is 0.357 e. The van der Waals surface area contributed by atoms with E-state index in [1.54, 1.807) is 24.3 Å². The predicted octanol–water partition coefficient (Wildman–Crippen LogP) is 3.62. The van der Waals surface area contributed by atoms with E-state index in [-0.39, 0.29) is 24.0 Å². The minimum atomic E-state index is -3.18. The van der Waals surface area contributed by atoms with Crippen LogP contribution in [0.5, 0.6) is 0 Å². The molecule has 8 heteroatoms. The van der Waals surface area contributed by atoms with Crippen LogP contribution >= 0.6 is 35.6 Å². The minimum Gasteiger partial charge on any atom is -0.357 e. The Kier molecular flexibility index (Phi) is 9.38. The van der Waals surface area contributed by atoms with Gasteiger partial charge in [0.25, 0.3) is 0 Å². The fourth-order valence-electron chi connectivity index (χ4n) is 2.17. The number of sulfone groups is 1. The summed E-state index contributed by atoms with van der Waals surface area (Å²) in [4.78, 5) is 4.83. The van der Waals surface area contributed by atoms with E-state index in [1.165, 1.54) is 6.26 Å². The summed E-state index contributed by atoms with van der Waals surface area (Å²) >= 11 is 6.16. The van der Waals surface area contributed by atoms with Gasteiger partial charge in [0, 0.05) is 24.4 Å². The summed E-state index contributed by atoms with van der Waals surface area (Å²) in [5.74, 6) is 0.676. The number of halogens is 2. The molecule has 0 unspecified atom stereocenters. The molecule has 0 saturated carbocycles. The molecule has 0 radical (unpaired) electrons. The molecule has 0 aliphatic rings. The Morgan fingerprint density at radius 3 is 2.31 bits per heavy atom. The van der Waals surface area contributed by atoms with Crippen molar-refractivity contribution in [2.45, 2.75) is 24.9 Å². The summed E-state index contributed by atoms with van der Waals surface area (Å²) in [7, 11) is -3.18. The Morgan fingerprint density at radius 1 is 1.08 bits per heavy atom. The van der Waals surface area contributed by atoms with Gasteiger partial charge in [-0.05, 0) is 36.2 Å². The Bertz CT molecular complexity index is 840.